The van der Waals surface area contributed by atoms with Crippen molar-refractivity contribution in [3.8, 4) is 0 Å². The average molecular weight is 408 g/mol. The molecule has 1 saturated heterocycles. The van der Waals surface area contributed by atoms with E-state index in [1.807, 2.05) is 89.2 Å². The number of carbonyl (C=O) groups is 1. The van der Waals surface area contributed by atoms with E-state index >= 15 is 0 Å². The number of pyridine rings is 1. The molecule has 1 amide bonds. The Morgan fingerprint density at radius 3 is 2.37 bits per heavy atom. The molecule has 0 saturated carbocycles. The Bertz CT molecular complexity index is 896. The van der Waals surface area contributed by atoms with Crippen LogP contribution in [0.1, 0.15) is 44.6 Å². The highest BCUT2D eigenvalue weighted by molar-refractivity contribution is 6.56. The number of aromatic nitrogens is 1. The fourth-order valence-corrected chi connectivity index (χ4v) is 2.98. The van der Waals surface area contributed by atoms with Gasteiger partial charge in [-0.3, -0.25) is 4.98 Å². The Morgan fingerprint density at radius 1 is 1.07 bits per heavy atom. The third-order valence-electron chi connectivity index (χ3n) is 5.45. The molecule has 1 aromatic carbocycles. The Morgan fingerprint density at radius 2 is 1.73 bits per heavy atom. The predicted molar refractivity (Wildman–Crippen MR) is 118 cm³/mol. The summed E-state index contributed by atoms with van der Waals surface area (Å²) in [4.78, 5) is 16.8. The van der Waals surface area contributed by atoms with Gasteiger partial charge in [0.2, 0.25) is 0 Å². The van der Waals surface area contributed by atoms with Crippen LogP contribution in [0.4, 0.5) is 4.79 Å². The summed E-state index contributed by atoms with van der Waals surface area (Å²) in [5.74, 6) is 0. The van der Waals surface area contributed by atoms with Crippen molar-refractivity contribution in [3.63, 3.8) is 0 Å². The molecular weight excluding hydrogens is 379 g/mol. The number of ether oxygens (including phenoxy) is 1. The van der Waals surface area contributed by atoms with Crippen LogP contribution in [0.15, 0.2) is 54.0 Å². The molecule has 0 unspecified atom stereocenters. The lowest BCUT2D eigenvalue weighted by molar-refractivity contribution is 0.00578. The molecule has 30 heavy (non-hydrogen) atoms. The minimum absolute atomic E-state index is 0.210. The molecule has 0 atom stereocenters. The van der Waals surface area contributed by atoms with E-state index in [4.69, 9.17) is 14.0 Å². The molecule has 1 aliphatic heterocycles. The predicted octanol–water partition coefficient (Wildman–Crippen LogP) is 4.33. The highest BCUT2D eigenvalue weighted by Crippen LogP contribution is 2.38. The highest BCUT2D eigenvalue weighted by atomic mass is 16.7. The summed E-state index contributed by atoms with van der Waals surface area (Å²) in [6.07, 6.45) is 1.39. The van der Waals surface area contributed by atoms with Crippen LogP contribution in [-0.2, 0) is 20.7 Å². The van der Waals surface area contributed by atoms with Gasteiger partial charge in [-0.1, -0.05) is 36.4 Å². The van der Waals surface area contributed by atoms with E-state index in [2.05, 4.69) is 10.3 Å². The van der Waals surface area contributed by atoms with Crippen LogP contribution in [-0.4, -0.2) is 35.9 Å². The van der Waals surface area contributed by atoms with Crippen molar-refractivity contribution in [1.29, 1.82) is 0 Å². The zero-order valence-electron chi connectivity index (χ0n) is 18.3. The lowest BCUT2D eigenvalue weighted by atomic mass is 9.77. The molecule has 0 spiro atoms. The summed E-state index contributed by atoms with van der Waals surface area (Å²) in [5, 5.41) is 2.80. The number of hydrogen-bond acceptors (Lipinski definition) is 5. The monoisotopic (exact) mass is 408 g/mol. The van der Waals surface area contributed by atoms with Gasteiger partial charge >= 0.3 is 13.2 Å². The molecule has 1 aliphatic rings. The summed E-state index contributed by atoms with van der Waals surface area (Å²) < 4.78 is 17.7. The minimum atomic E-state index is -0.591. The third kappa shape index (κ3) is 5.49. The van der Waals surface area contributed by atoms with E-state index < -0.39 is 24.4 Å². The van der Waals surface area contributed by atoms with Gasteiger partial charge in [-0.15, -0.1) is 0 Å². The second-order valence-electron chi connectivity index (χ2n) is 8.43. The number of nitrogens with one attached hydrogen (secondary N) is 1. The molecular formula is C23H29BN2O4. The van der Waals surface area contributed by atoms with Gasteiger partial charge in [0.1, 0.15) is 6.61 Å². The summed E-state index contributed by atoms with van der Waals surface area (Å²) in [7, 11) is -0.591. The Balaban J connectivity index is 1.71. The second-order valence-corrected chi connectivity index (χ2v) is 8.43. The largest absolute Gasteiger partial charge is 0.492 e. The molecule has 0 bridgehead atoms. The average Bonchev–Trinajstić information content (AvgIpc) is 2.91. The first kappa shape index (κ1) is 22.1. The Hall–Kier alpha value is -2.64. The van der Waals surface area contributed by atoms with Crippen LogP contribution in [0.2, 0.25) is 0 Å². The van der Waals surface area contributed by atoms with Gasteiger partial charge < -0.3 is 19.4 Å². The van der Waals surface area contributed by atoms with Crippen molar-refractivity contribution in [2.75, 3.05) is 6.54 Å². The van der Waals surface area contributed by atoms with E-state index in [1.165, 1.54) is 0 Å². The fraction of sp³-hybridized carbons (Fsp3) is 0.391. The van der Waals surface area contributed by atoms with E-state index in [9.17, 15) is 4.79 Å². The van der Waals surface area contributed by atoms with Crippen LogP contribution in [0, 0.1) is 6.92 Å². The van der Waals surface area contributed by atoms with E-state index in [0.29, 0.717) is 0 Å². The summed E-state index contributed by atoms with van der Waals surface area (Å²) in [6, 6.07) is 15.3. The maximum absolute atomic E-state index is 12.2. The van der Waals surface area contributed by atoms with Gasteiger partial charge in [-0.2, -0.15) is 0 Å². The number of nitrogens with zero attached hydrogens (tertiary/aromatic N) is 1. The Labute approximate surface area is 178 Å². The van der Waals surface area contributed by atoms with Crippen molar-refractivity contribution in [2.24, 2.45) is 0 Å². The SMILES string of the molecule is Cc1cccc(C=C(CNC(=O)OCc2ccccc2)B2OC(C)(C)C(C)(C)O2)n1. The first-order valence-corrected chi connectivity index (χ1v) is 10.1. The van der Waals surface area contributed by atoms with Gasteiger partial charge in [0, 0.05) is 12.2 Å². The van der Waals surface area contributed by atoms with Crippen LogP contribution >= 0.6 is 0 Å². The normalized spacial score (nSPS) is 17.6. The zero-order chi connectivity index (χ0) is 21.8. The fourth-order valence-electron chi connectivity index (χ4n) is 2.98. The molecule has 2 aromatic rings. The van der Waals surface area contributed by atoms with Gasteiger partial charge in [0.05, 0.1) is 16.9 Å². The number of carbonyl (C=O) groups excluding carboxylic acids is 1. The number of aryl methyl sites for hydroxylation is 1. The van der Waals surface area contributed by atoms with Gasteiger partial charge in [-0.25, -0.2) is 4.79 Å². The molecule has 158 valence electrons. The van der Waals surface area contributed by atoms with Gasteiger partial charge in [-0.05, 0) is 63.9 Å². The maximum atomic E-state index is 12.2. The standard InChI is InChI=1S/C23H29BN2O4/c1-17-10-9-13-20(26-17)14-19(24-29-22(2,3)23(4,5)30-24)15-25-21(27)28-16-18-11-7-6-8-12-18/h6-14H,15-16H2,1-5H3,(H,25,27). The van der Waals surface area contributed by atoms with Gasteiger partial charge in [0.25, 0.3) is 0 Å². The van der Waals surface area contributed by atoms with Crippen LogP contribution in [0.5, 0.6) is 0 Å². The number of benzene rings is 1. The zero-order valence-corrected chi connectivity index (χ0v) is 18.3. The lowest BCUT2D eigenvalue weighted by Crippen LogP contribution is -2.41. The van der Waals surface area contributed by atoms with Crippen molar-refractivity contribution >= 4 is 19.3 Å². The molecule has 0 aliphatic carbocycles. The summed E-state index contributed by atoms with van der Waals surface area (Å²) in [6.45, 7) is 10.4. The maximum Gasteiger partial charge on any atom is 0.492 e. The molecule has 7 heteroatoms. The van der Waals surface area contributed by atoms with Crippen LogP contribution in [0.3, 0.4) is 0 Å². The molecule has 0 radical (unpaired) electrons. The molecule has 1 fully saturated rings. The quantitative estimate of drug-likeness (QED) is 0.721. The molecule has 2 heterocycles. The Kier molecular flexibility index (Phi) is 6.63. The van der Waals surface area contributed by atoms with Crippen molar-refractivity contribution in [2.45, 2.75) is 52.4 Å². The van der Waals surface area contributed by atoms with E-state index in [-0.39, 0.29) is 13.2 Å². The van der Waals surface area contributed by atoms with Crippen molar-refractivity contribution in [1.82, 2.24) is 10.3 Å². The number of rotatable bonds is 6. The first-order chi connectivity index (χ1) is 14.2. The van der Waals surface area contributed by atoms with Gasteiger partial charge in [0.15, 0.2) is 0 Å². The molecule has 3 rings (SSSR count). The smallest absolute Gasteiger partial charge is 0.445 e. The topological polar surface area (TPSA) is 69.7 Å². The van der Waals surface area contributed by atoms with Crippen LogP contribution in [0.25, 0.3) is 6.08 Å². The lowest BCUT2D eigenvalue weighted by Gasteiger charge is -2.32. The van der Waals surface area contributed by atoms with Crippen LogP contribution < -0.4 is 5.32 Å². The van der Waals surface area contributed by atoms with Crippen molar-refractivity contribution in [3.05, 3.63) is 71.0 Å². The second kappa shape index (κ2) is 9.02. The number of hydrogen-bond donors (Lipinski definition) is 1. The van der Waals surface area contributed by atoms with E-state index in [1.54, 1.807) is 0 Å². The third-order valence-corrected chi connectivity index (χ3v) is 5.45. The van der Waals surface area contributed by atoms with Crippen molar-refractivity contribution < 1.29 is 18.8 Å². The molecule has 6 nitrogen and oxygen atoms in total. The number of alkyl carbamates (subject to hydrolysis) is 1. The molecule has 1 aromatic heterocycles. The van der Waals surface area contributed by atoms with E-state index in [0.717, 1.165) is 22.4 Å². The first-order valence-electron chi connectivity index (χ1n) is 10.1. The highest BCUT2D eigenvalue weighted by Gasteiger charge is 2.52. The number of amides is 1. The summed E-state index contributed by atoms with van der Waals surface area (Å²) >= 11 is 0. The minimum Gasteiger partial charge on any atom is -0.445 e. The molecule has 1 N–H and O–H groups in total. The summed E-state index contributed by atoms with van der Waals surface area (Å²) in [5.41, 5.74) is 2.42.